The third-order valence-corrected chi connectivity index (χ3v) is 6.08. The number of ether oxygens (including phenoxy) is 2. The molecule has 12 heteroatoms. The lowest BCUT2D eigenvalue weighted by Crippen LogP contribution is -2.36. The Morgan fingerprint density at radius 3 is 2.56 bits per heavy atom. The van der Waals surface area contributed by atoms with Gasteiger partial charge in [-0.25, -0.2) is 4.79 Å². The Morgan fingerprint density at radius 1 is 1.22 bits per heavy atom. The molecular formula is C20H22N6O5S. The molecule has 11 nitrogen and oxygen atoms in total. The molecule has 0 amide bonds. The fraction of sp³-hybridized carbons (Fsp3) is 0.350. The van der Waals surface area contributed by atoms with Crippen LogP contribution in [0.5, 0.6) is 11.5 Å². The molecule has 3 N–H and O–H groups in total. The lowest BCUT2D eigenvalue weighted by atomic mass is 10.2. The smallest absolute Gasteiger partial charge is 0.330 e. The maximum Gasteiger partial charge on any atom is 0.330 e. The predicted octanol–water partition coefficient (Wildman–Crippen LogP) is 1.14. The van der Waals surface area contributed by atoms with Crippen molar-refractivity contribution in [3.05, 3.63) is 56.5 Å². The van der Waals surface area contributed by atoms with Gasteiger partial charge in [0.2, 0.25) is 0 Å². The van der Waals surface area contributed by atoms with Crippen LogP contribution in [0.1, 0.15) is 35.1 Å². The zero-order valence-electron chi connectivity index (χ0n) is 17.5. The van der Waals surface area contributed by atoms with Crippen LogP contribution in [0, 0.1) is 0 Å². The molecule has 1 fully saturated rings. The summed E-state index contributed by atoms with van der Waals surface area (Å²) in [5.74, 6) is 1.29. The third-order valence-electron chi connectivity index (χ3n) is 5.06. The Hall–Kier alpha value is -3.54. The molecule has 2 aromatic heterocycles. The Labute approximate surface area is 186 Å². The minimum Gasteiger partial charge on any atom is -0.497 e. The second-order valence-corrected chi connectivity index (χ2v) is 8.20. The topological polar surface area (TPSA) is 147 Å². The average Bonchev–Trinajstić information content (AvgIpc) is 3.54. The van der Waals surface area contributed by atoms with Gasteiger partial charge in [0.1, 0.15) is 29.5 Å². The number of aromatic nitrogens is 5. The highest BCUT2D eigenvalue weighted by Gasteiger charge is 2.30. The molecule has 0 atom stereocenters. The fourth-order valence-electron chi connectivity index (χ4n) is 3.15. The predicted molar refractivity (Wildman–Crippen MR) is 117 cm³/mol. The van der Waals surface area contributed by atoms with Crippen LogP contribution in [-0.2, 0) is 13.7 Å². The quantitative estimate of drug-likeness (QED) is 0.356. The summed E-state index contributed by atoms with van der Waals surface area (Å²) in [6.45, 7) is 0.184. The summed E-state index contributed by atoms with van der Waals surface area (Å²) in [6.07, 6.45) is 1.58. The molecule has 0 bridgehead atoms. The summed E-state index contributed by atoms with van der Waals surface area (Å²) in [7, 11) is 3.35. The molecule has 1 aliphatic rings. The van der Waals surface area contributed by atoms with E-state index in [1.165, 1.54) is 4.57 Å². The zero-order chi connectivity index (χ0) is 22.8. The lowest BCUT2D eigenvalue weighted by Gasteiger charge is -2.11. The van der Waals surface area contributed by atoms with E-state index in [0.717, 1.165) is 30.4 Å². The van der Waals surface area contributed by atoms with E-state index in [2.05, 4.69) is 15.2 Å². The van der Waals surface area contributed by atoms with E-state index in [0.29, 0.717) is 16.7 Å². The number of ketones is 1. The number of hydrogen-bond acceptors (Lipinski definition) is 9. The first-order valence-electron chi connectivity index (χ1n) is 9.84. The highest BCUT2D eigenvalue weighted by molar-refractivity contribution is 7.99. The van der Waals surface area contributed by atoms with Crippen molar-refractivity contribution < 1.29 is 14.3 Å². The SMILES string of the molecule is COc1ccc(OCc2nnc(SCC(=O)c3c(N)n(C4CC4)c(=O)[nH]c3=O)n2C)cc1. The van der Waals surface area contributed by atoms with Crippen molar-refractivity contribution in [2.45, 2.75) is 30.6 Å². The van der Waals surface area contributed by atoms with E-state index in [1.54, 1.807) is 43.0 Å². The van der Waals surface area contributed by atoms with Crippen LogP contribution in [0.2, 0.25) is 0 Å². The van der Waals surface area contributed by atoms with Gasteiger partial charge in [-0.2, -0.15) is 0 Å². The van der Waals surface area contributed by atoms with Gasteiger partial charge in [-0.1, -0.05) is 11.8 Å². The zero-order valence-corrected chi connectivity index (χ0v) is 18.3. The van der Waals surface area contributed by atoms with Crippen molar-refractivity contribution in [2.75, 3.05) is 18.6 Å². The fourth-order valence-corrected chi connectivity index (χ4v) is 3.95. The number of carbonyl (C=O) groups is 1. The molecule has 1 aromatic carbocycles. The van der Waals surface area contributed by atoms with Crippen molar-refractivity contribution in [3.8, 4) is 11.5 Å². The van der Waals surface area contributed by atoms with E-state index < -0.39 is 17.0 Å². The molecule has 0 saturated heterocycles. The van der Waals surface area contributed by atoms with Crippen LogP contribution in [-0.4, -0.2) is 43.0 Å². The minimum atomic E-state index is -0.776. The number of carbonyl (C=O) groups excluding carboxylic acids is 1. The van der Waals surface area contributed by atoms with Crippen molar-refractivity contribution in [3.63, 3.8) is 0 Å². The van der Waals surface area contributed by atoms with E-state index in [9.17, 15) is 14.4 Å². The van der Waals surface area contributed by atoms with Crippen LogP contribution < -0.4 is 26.5 Å². The second kappa shape index (κ2) is 8.91. The van der Waals surface area contributed by atoms with Crippen LogP contribution in [0.4, 0.5) is 5.82 Å². The maximum absolute atomic E-state index is 12.7. The number of rotatable bonds is 9. The molecule has 32 heavy (non-hydrogen) atoms. The molecule has 3 aromatic rings. The van der Waals surface area contributed by atoms with Crippen molar-refractivity contribution >= 4 is 23.4 Å². The van der Waals surface area contributed by atoms with Gasteiger partial charge in [0.05, 0.1) is 12.9 Å². The Kier molecular flexibility index (Phi) is 6.04. The number of methoxy groups -OCH3 is 1. The first-order chi connectivity index (χ1) is 15.4. The standard InChI is InChI=1S/C20H22N6O5S/c1-25-15(9-31-13-7-5-12(30-2)6-8-13)23-24-20(25)32-10-14(27)16-17(21)26(11-3-4-11)19(29)22-18(16)28/h5-8,11H,3-4,9-10,21H2,1-2H3,(H,22,28,29). The number of nitrogens with two attached hydrogens (primary N) is 1. The van der Waals surface area contributed by atoms with E-state index in [4.69, 9.17) is 15.2 Å². The number of Topliss-reactive ketones (excluding diaryl/α,β-unsaturated/α-hetero) is 1. The second-order valence-electron chi connectivity index (χ2n) is 7.25. The van der Waals surface area contributed by atoms with Gasteiger partial charge < -0.3 is 19.8 Å². The van der Waals surface area contributed by atoms with Gasteiger partial charge in [-0.3, -0.25) is 19.1 Å². The van der Waals surface area contributed by atoms with E-state index in [-0.39, 0.29) is 29.8 Å². The summed E-state index contributed by atoms with van der Waals surface area (Å²) in [4.78, 5) is 39.1. The number of benzene rings is 1. The maximum atomic E-state index is 12.7. The third kappa shape index (κ3) is 4.40. The van der Waals surface area contributed by atoms with Gasteiger partial charge in [0.15, 0.2) is 16.8 Å². The molecule has 4 rings (SSSR count). The molecule has 1 saturated carbocycles. The Morgan fingerprint density at radius 2 is 1.91 bits per heavy atom. The molecule has 0 spiro atoms. The van der Waals surface area contributed by atoms with E-state index >= 15 is 0 Å². The number of aromatic amines is 1. The summed E-state index contributed by atoms with van der Waals surface area (Å²) in [5, 5.41) is 8.67. The Balaban J connectivity index is 1.42. The van der Waals surface area contributed by atoms with Gasteiger partial charge in [-0.05, 0) is 37.1 Å². The summed E-state index contributed by atoms with van der Waals surface area (Å²) in [6, 6.07) is 7.08. The molecule has 0 unspecified atom stereocenters. The normalized spacial score (nSPS) is 13.2. The molecule has 0 aliphatic heterocycles. The van der Waals surface area contributed by atoms with Crippen LogP contribution in [0.25, 0.3) is 0 Å². The average molecular weight is 459 g/mol. The highest BCUT2D eigenvalue weighted by atomic mass is 32.2. The first-order valence-corrected chi connectivity index (χ1v) is 10.8. The van der Waals surface area contributed by atoms with Crippen molar-refractivity contribution in [1.29, 1.82) is 0 Å². The summed E-state index contributed by atoms with van der Waals surface area (Å²) >= 11 is 1.12. The summed E-state index contributed by atoms with van der Waals surface area (Å²) in [5.41, 5.74) is 4.43. The first kappa shape index (κ1) is 21.7. The largest absolute Gasteiger partial charge is 0.497 e. The molecule has 2 heterocycles. The number of nitrogens with zero attached hydrogens (tertiary/aromatic N) is 4. The van der Waals surface area contributed by atoms with E-state index in [1.807, 2.05) is 0 Å². The molecule has 168 valence electrons. The monoisotopic (exact) mass is 458 g/mol. The van der Waals surface area contributed by atoms with Crippen LogP contribution >= 0.6 is 11.8 Å². The Bertz CT molecular complexity index is 1260. The minimum absolute atomic E-state index is 0.0643. The number of nitrogens with one attached hydrogen (secondary N) is 1. The van der Waals surface area contributed by atoms with Gasteiger partial charge >= 0.3 is 5.69 Å². The highest BCUT2D eigenvalue weighted by Crippen LogP contribution is 2.35. The van der Waals surface area contributed by atoms with Crippen molar-refractivity contribution in [2.24, 2.45) is 7.05 Å². The van der Waals surface area contributed by atoms with Gasteiger partial charge in [0, 0.05) is 13.1 Å². The number of thioether (sulfide) groups is 1. The summed E-state index contributed by atoms with van der Waals surface area (Å²) < 4.78 is 13.8. The van der Waals surface area contributed by atoms with Crippen LogP contribution in [0.15, 0.2) is 39.0 Å². The van der Waals surface area contributed by atoms with Gasteiger partial charge in [-0.15, -0.1) is 10.2 Å². The van der Waals surface area contributed by atoms with Crippen LogP contribution in [0.3, 0.4) is 0 Å². The lowest BCUT2D eigenvalue weighted by molar-refractivity contribution is 0.102. The van der Waals surface area contributed by atoms with Crippen molar-refractivity contribution in [1.82, 2.24) is 24.3 Å². The number of H-pyrrole nitrogens is 1. The van der Waals surface area contributed by atoms with Gasteiger partial charge in [0.25, 0.3) is 5.56 Å². The number of hydrogen-bond donors (Lipinski definition) is 2. The number of nitrogen functional groups attached to an aromatic ring is 1. The molecule has 0 radical (unpaired) electrons. The number of anilines is 1. The molecular weight excluding hydrogens is 436 g/mol. The molecule has 1 aliphatic carbocycles.